The van der Waals surface area contributed by atoms with E-state index in [1.54, 1.807) is 31.3 Å². The number of methoxy groups -OCH3 is 1. The zero-order chi connectivity index (χ0) is 19.4. The molecule has 0 radical (unpaired) electrons. The zero-order valence-corrected chi connectivity index (χ0v) is 15.6. The predicted molar refractivity (Wildman–Crippen MR) is 96.3 cm³/mol. The first-order valence-corrected chi connectivity index (χ1v) is 8.31. The molecule has 0 aliphatic carbocycles. The fourth-order valence-corrected chi connectivity index (χ4v) is 2.77. The number of nitrogens with zero attached hydrogens (tertiary/aromatic N) is 2. The van der Waals surface area contributed by atoms with Crippen LogP contribution in [0.4, 0.5) is 0 Å². The zero-order valence-electron chi connectivity index (χ0n) is 15.6. The molecular formula is C19H23N3O4. The van der Waals surface area contributed by atoms with Crippen LogP contribution in [0.3, 0.4) is 0 Å². The quantitative estimate of drug-likeness (QED) is 0.656. The lowest BCUT2D eigenvalue weighted by atomic mass is 10.1. The number of pyridine rings is 1. The average molecular weight is 357 g/mol. The van der Waals surface area contributed by atoms with Crippen LogP contribution in [-0.2, 0) is 11.2 Å². The Kier molecular flexibility index (Phi) is 5.92. The van der Waals surface area contributed by atoms with E-state index in [-0.39, 0.29) is 29.7 Å². The lowest BCUT2D eigenvalue weighted by Crippen LogP contribution is -2.29. The summed E-state index contributed by atoms with van der Waals surface area (Å²) < 4.78 is 6.24. The molecule has 1 N–H and O–H groups in total. The largest absolute Gasteiger partial charge is 0.465 e. The Hall–Kier alpha value is -2.96. The standard InChI is InChI=1S/C19H23N3O4/c1-11(2)20-15-8-6-7-9-22(15)16(24)10-14-17(19(25)26-5)12(3)18(21-14)13(4)23/h6-9,11,21H,10H2,1-5H3. The second kappa shape index (κ2) is 7.95. The summed E-state index contributed by atoms with van der Waals surface area (Å²) in [4.78, 5) is 44.1. The number of H-pyrrole nitrogens is 1. The lowest BCUT2D eigenvalue weighted by Gasteiger charge is -2.08. The van der Waals surface area contributed by atoms with Gasteiger partial charge in [-0.05, 0) is 38.5 Å². The molecule has 26 heavy (non-hydrogen) atoms. The van der Waals surface area contributed by atoms with Gasteiger partial charge < -0.3 is 9.72 Å². The predicted octanol–water partition coefficient (Wildman–Crippen LogP) is 2.31. The maximum Gasteiger partial charge on any atom is 0.339 e. The van der Waals surface area contributed by atoms with Crippen molar-refractivity contribution in [1.82, 2.24) is 9.55 Å². The van der Waals surface area contributed by atoms with E-state index in [1.807, 2.05) is 13.8 Å². The molecule has 0 amide bonds. The second-order valence-corrected chi connectivity index (χ2v) is 6.25. The van der Waals surface area contributed by atoms with Crippen molar-refractivity contribution >= 4 is 17.7 Å². The van der Waals surface area contributed by atoms with Gasteiger partial charge >= 0.3 is 5.97 Å². The summed E-state index contributed by atoms with van der Waals surface area (Å²) in [6.07, 6.45) is 1.54. The highest BCUT2D eigenvalue weighted by Crippen LogP contribution is 2.21. The molecule has 0 aliphatic rings. The molecule has 0 saturated carbocycles. The third-order valence-corrected chi connectivity index (χ3v) is 3.89. The van der Waals surface area contributed by atoms with Crippen molar-refractivity contribution in [1.29, 1.82) is 0 Å². The molecule has 0 aromatic carbocycles. The van der Waals surface area contributed by atoms with Crippen LogP contribution in [0.5, 0.6) is 0 Å². The molecule has 0 fully saturated rings. The highest BCUT2D eigenvalue weighted by molar-refractivity contribution is 6.01. The molecule has 0 spiro atoms. The minimum atomic E-state index is -0.584. The van der Waals surface area contributed by atoms with Crippen LogP contribution in [0.25, 0.3) is 0 Å². The average Bonchev–Trinajstić information content (AvgIpc) is 2.90. The van der Waals surface area contributed by atoms with E-state index in [0.717, 1.165) is 0 Å². The van der Waals surface area contributed by atoms with E-state index in [1.165, 1.54) is 18.6 Å². The monoisotopic (exact) mass is 357 g/mol. The normalized spacial score (nSPS) is 11.7. The molecule has 0 saturated heterocycles. The van der Waals surface area contributed by atoms with E-state index >= 15 is 0 Å². The maximum absolute atomic E-state index is 12.8. The maximum atomic E-state index is 12.8. The molecule has 0 bridgehead atoms. The number of esters is 1. The number of aromatic amines is 1. The van der Waals surface area contributed by atoms with E-state index in [4.69, 9.17) is 4.74 Å². The van der Waals surface area contributed by atoms with Gasteiger partial charge in [-0.15, -0.1) is 0 Å². The molecule has 2 heterocycles. The van der Waals surface area contributed by atoms with Crippen molar-refractivity contribution in [2.45, 2.75) is 40.2 Å². The minimum absolute atomic E-state index is 0.0270. The number of rotatable bonds is 5. The van der Waals surface area contributed by atoms with Crippen molar-refractivity contribution in [2.24, 2.45) is 4.99 Å². The summed E-state index contributed by atoms with van der Waals surface area (Å²) in [6, 6.07) is 5.32. The van der Waals surface area contributed by atoms with Gasteiger partial charge in [0.05, 0.1) is 24.8 Å². The summed E-state index contributed by atoms with van der Waals surface area (Å²) in [5.74, 6) is -1.07. The van der Waals surface area contributed by atoms with Gasteiger partial charge in [0, 0.05) is 24.9 Å². The van der Waals surface area contributed by atoms with Gasteiger partial charge in [-0.25, -0.2) is 4.79 Å². The topological polar surface area (TPSA) is 93.5 Å². The number of hydrogen-bond acceptors (Lipinski definition) is 5. The third-order valence-electron chi connectivity index (χ3n) is 3.89. The first-order valence-electron chi connectivity index (χ1n) is 8.31. The number of carbonyl (C=O) groups is 3. The summed E-state index contributed by atoms with van der Waals surface area (Å²) in [7, 11) is 1.26. The summed E-state index contributed by atoms with van der Waals surface area (Å²) in [5, 5.41) is 0. The first-order chi connectivity index (χ1) is 12.3. The number of ether oxygens (including phenoxy) is 1. The van der Waals surface area contributed by atoms with Gasteiger partial charge in [0.1, 0.15) is 5.49 Å². The van der Waals surface area contributed by atoms with Crippen LogP contribution in [0.1, 0.15) is 57.7 Å². The van der Waals surface area contributed by atoms with Crippen molar-refractivity contribution < 1.29 is 19.1 Å². The number of nitrogens with one attached hydrogen (secondary N) is 1. The van der Waals surface area contributed by atoms with Crippen LogP contribution >= 0.6 is 0 Å². The Bertz CT molecular complexity index is 919. The van der Waals surface area contributed by atoms with Gasteiger partial charge in [0.25, 0.3) is 0 Å². The van der Waals surface area contributed by atoms with Crippen molar-refractivity contribution in [2.75, 3.05) is 7.11 Å². The first kappa shape index (κ1) is 19.4. The number of carbonyl (C=O) groups excluding carboxylic acids is 3. The van der Waals surface area contributed by atoms with Gasteiger partial charge in [-0.1, -0.05) is 6.07 Å². The van der Waals surface area contributed by atoms with Crippen LogP contribution < -0.4 is 5.49 Å². The minimum Gasteiger partial charge on any atom is -0.465 e. The third kappa shape index (κ3) is 3.99. The van der Waals surface area contributed by atoms with E-state index in [9.17, 15) is 14.4 Å². The Morgan fingerprint density at radius 2 is 1.96 bits per heavy atom. The highest BCUT2D eigenvalue weighted by atomic mass is 16.5. The number of Topliss-reactive ketones (excluding diaryl/α,β-unsaturated/α-hetero) is 1. The molecular weight excluding hydrogens is 334 g/mol. The molecule has 0 aliphatic heterocycles. The Labute approximate surface area is 151 Å². The molecule has 7 heteroatoms. The molecule has 2 aromatic rings. The summed E-state index contributed by atoms with van der Waals surface area (Å²) in [5.41, 5.74) is 1.90. The second-order valence-electron chi connectivity index (χ2n) is 6.25. The summed E-state index contributed by atoms with van der Waals surface area (Å²) in [6.45, 7) is 6.90. The van der Waals surface area contributed by atoms with Gasteiger partial charge in [-0.3, -0.25) is 19.1 Å². The van der Waals surface area contributed by atoms with E-state index in [2.05, 4.69) is 9.98 Å². The van der Waals surface area contributed by atoms with Gasteiger partial charge in [0.15, 0.2) is 5.78 Å². The van der Waals surface area contributed by atoms with Crippen LogP contribution in [0.15, 0.2) is 29.4 Å². The van der Waals surface area contributed by atoms with Crippen LogP contribution in [0, 0.1) is 6.92 Å². The fraction of sp³-hybridized carbons (Fsp3) is 0.368. The van der Waals surface area contributed by atoms with Crippen molar-refractivity contribution in [3.63, 3.8) is 0 Å². The fourth-order valence-electron chi connectivity index (χ4n) is 2.77. The Morgan fingerprint density at radius 3 is 2.54 bits per heavy atom. The van der Waals surface area contributed by atoms with Gasteiger partial charge in [0.2, 0.25) is 5.91 Å². The van der Waals surface area contributed by atoms with E-state index < -0.39 is 5.97 Å². The smallest absolute Gasteiger partial charge is 0.339 e. The number of aromatic nitrogens is 2. The highest BCUT2D eigenvalue weighted by Gasteiger charge is 2.24. The Balaban J connectivity index is 2.50. The SMILES string of the molecule is COC(=O)c1c(CC(=O)n2ccccc2=NC(C)C)[nH]c(C(C)=O)c1C. The lowest BCUT2D eigenvalue weighted by molar-refractivity contribution is 0.0599. The molecule has 2 rings (SSSR count). The molecule has 138 valence electrons. The number of hydrogen-bond donors (Lipinski definition) is 1. The molecule has 0 unspecified atom stereocenters. The number of ketones is 1. The van der Waals surface area contributed by atoms with Crippen molar-refractivity contribution in [3.05, 3.63) is 52.4 Å². The van der Waals surface area contributed by atoms with Crippen LogP contribution in [0.2, 0.25) is 0 Å². The van der Waals surface area contributed by atoms with Crippen LogP contribution in [-0.4, -0.2) is 40.4 Å². The Morgan fingerprint density at radius 1 is 1.27 bits per heavy atom. The summed E-state index contributed by atoms with van der Waals surface area (Å²) >= 11 is 0. The van der Waals surface area contributed by atoms with Gasteiger partial charge in [-0.2, -0.15) is 0 Å². The van der Waals surface area contributed by atoms with Crippen molar-refractivity contribution in [3.8, 4) is 0 Å². The van der Waals surface area contributed by atoms with E-state index in [0.29, 0.717) is 22.4 Å². The molecule has 2 aromatic heterocycles. The molecule has 7 nitrogen and oxygen atoms in total. The molecule has 0 atom stereocenters.